The first-order chi connectivity index (χ1) is 9.23. The second-order valence-electron chi connectivity index (χ2n) is 5.68. The molecule has 1 amide bonds. The highest BCUT2D eigenvalue weighted by molar-refractivity contribution is 5.84. The minimum absolute atomic E-state index is 0.133. The summed E-state index contributed by atoms with van der Waals surface area (Å²) in [4.78, 5) is 11.9. The Bertz CT molecular complexity index is 469. The maximum absolute atomic E-state index is 13.7. The molecule has 0 aliphatic heterocycles. The van der Waals surface area contributed by atoms with Crippen LogP contribution in [0.4, 0.5) is 10.1 Å². The standard InChI is InChI=1S/C15H23FN2O2/c1-6-20-13-8-7-11(9-12(13)16)17-10(2)14(19)18-15(3,4)5/h7-10,17H,6H2,1-5H3,(H,18,19). The van der Waals surface area contributed by atoms with Crippen LogP contribution in [-0.4, -0.2) is 24.1 Å². The van der Waals surface area contributed by atoms with E-state index in [2.05, 4.69) is 10.6 Å². The van der Waals surface area contributed by atoms with Crippen LogP contribution in [0.5, 0.6) is 5.75 Å². The van der Waals surface area contributed by atoms with Crippen molar-refractivity contribution in [1.29, 1.82) is 0 Å². The summed E-state index contributed by atoms with van der Waals surface area (Å²) in [6, 6.07) is 4.11. The Morgan fingerprint density at radius 2 is 2.05 bits per heavy atom. The van der Waals surface area contributed by atoms with Crippen LogP contribution in [0.2, 0.25) is 0 Å². The summed E-state index contributed by atoms with van der Waals surface area (Å²) in [7, 11) is 0. The molecule has 0 spiro atoms. The Balaban J connectivity index is 2.69. The van der Waals surface area contributed by atoms with Gasteiger partial charge < -0.3 is 15.4 Å². The van der Waals surface area contributed by atoms with Gasteiger partial charge in [-0.1, -0.05) is 0 Å². The third-order valence-electron chi connectivity index (χ3n) is 2.51. The van der Waals surface area contributed by atoms with E-state index in [1.54, 1.807) is 26.0 Å². The lowest BCUT2D eigenvalue weighted by atomic mass is 10.1. The number of carbonyl (C=O) groups is 1. The van der Waals surface area contributed by atoms with E-state index in [-0.39, 0.29) is 17.2 Å². The van der Waals surface area contributed by atoms with Crippen LogP contribution in [0.15, 0.2) is 18.2 Å². The summed E-state index contributed by atoms with van der Waals surface area (Å²) in [5, 5.41) is 5.83. The number of anilines is 1. The van der Waals surface area contributed by atoms with Gasteiger partial charge in [0.15, 0.2) is 11.6 Å². The van der Waals surface area contributed by atoms with Gasteiger partial charge in [0.2, 0.25) is 5.91 Å². The zero-order valence-corrected chi connectivity index (χ0v) is 12.7. The molecule has 0 saturated heterocycles. The predicted octanol–water partition coefficient (Wildman–Crippen LogP) is 2.94. The van der Waals surface area contributed by atoms with E-state index in [1.807, 2.05) is 20.8 Å². The molecule has 1 aromatic rings. The molecule has 0 heterocycles. The Morgan fingerprint density at radius 1 is 1.40 bits per heavy atom. The van der Waals surface area contributed by atoms with E-state index in [9.17, 15) is 9.18 Å². The summed E-state index contributed by atoms with van der Waals surface area (Å²) in [5.41, 5.74) is 0.249. The third-order valence-corrected chi connectivity index (χ3v) is 2.51. The summed E-state index contributed by atoms with van der Waals surface area (Å²) in [6.45, 7) is 9.67. The molecule has 0 fully saturated rings. The summed E-state index contributed by atoms with van der Waals surface area (Å²) >= 11 is 0. The third kappa shape index (κ3) is 5.07. The lowest BCUT2D eigenvalue weighted by Crippen LogP contribution is -2.47. The largest absolute Gasteiger partial charge is 0.491 e. The van der Waals surface area contributed by atoms with Crippen LogP contribution >= 0.6 is 0 Å². The molecule has 0 radical (unpaired) electrons. The van der Waals surface area contributed by atoms with Crippen molar-refractivity contribution in [2.45, 2.75) is 46.2 Å². The highest BCUT2D eigenvalue weighted by Gasteiger charge is 2.19. The van der Waals surface area contributed by atoms with Crippen molar-refractivity contribution in [2.75, 3.05) is 11.9 Å². The van der Waals surface area contributed by atoms with Crippen molar-refractivity contribution >= 4 is 11.6 Å². The van der Waals surface area contributed by atoms with Gasteiger partial charge in [0.1, 0.15) is 6.04 Å². The molecule has 0 aromatic heterocycles. The van der Waals surface area contributed by atoms with Crippen molar-refractivity contribution < 1.29 is 13.9 Å². The van der Waals surface area contributed by atoms with E-state index in [0.717, 1.165) is 0 Å². The molecule has 2 N–H and O–H groups in total. The molecule has 1 aromatic carbocycles. The molecular formula is C15H23FN2O2. The number of rotatable bonds is 5. The number of amides is 1. The number of carbonyl (C=O) groups excluding carboxylic acids is 1. The molecule has 1 atom stereocenters. The maximum atomic E-state index is 13.7. The van der Waals surface area contributed by atoms with Gasteiger partial charge in [0, 0.05) is 17.3 Å². The highest BCUT2D eigenvalue weighted by Crippen LogP contribution is 2.21. The number of hydrogen-bond acceptors (Lipinski definition) is 3. The monoisotopic (exact) mass is 282 g/mol. The number of ether oxygens (including phenoxy) is 1. The topological polar surface area (TPSA) is 50.4 Å². The van der Waals surface area contributed by atoms with Gasteiger partial charge in [-0.25, -0.2) is 4.39 Å². The first kappa shape index (κ1) is 16.3. The van der Waals surface area contributed by atoms with Gasteiger partial charge in [-0.3, -0.25) is 4.79 Å². The Hall–Kier alpha value is -1.78. The molecule has 0 bridgehead atoms. The molecule has 0 aliphatic carbocycles. The minimum atomic E-state index is -0.452. The van der Waals surface area contributed by atoms with Gasteiger partial charge >= 0.3 is 0 Å². The van der Waals surface area contributed by atoms with Crippen molar-refractivity contribution in [1.82, 2.24) is 5.32 Å². The second-order valence-corrected chi connectivity index (χ2v) is 5.68. The Labute approximate surface area is 119 Å². The van der Waals surface area contributed by atoms with Gasteiger partial charge in [-0.05, 0) is 46.8 Å². The van der Waals surface area contributed by atoms with Crippen LogP contribution < -0.4 is 15.4 Å². The molecule has 0 aliphatic rings. The van der Waals surface area contributed by atoms with E-state index in [0.29, 0.717) is 12.3 Å². The van der Waals surface area contributed by atoms with Crippen LogP contribution in [0.3, 0.4) is 0 Å². The van der Waals surface area contributed by atoms with E-state index >= 15 is 0 Å². The fourth-order valence-electron chi connectivity index (χ4n) is 1.66. The number of nitrogens with one attached hydrogen (secondary N) is 2. The fourth-order valence-corrected chi connectivity index (χ4v) is 1.66. The molecule has 20 heavy (non-hydrogen) atoms. The summed E-state index contributed by atoms with van der Waals surface area (Å²) in [5.74, 6) is -0.364. The first-order valence-electron chi connectivity index (χ1n) is 6.74. The van der Waals surface area contributed by atoms with Crippen molar-refractivity contribution in [3.05, 3.63) is 24.0 Å². The Morgan fingerprint density at radius 3 is 2.55 bits per heavy atom. The number of halogens is 1. The van der Waals surface area contributed by atoms with E-state index in [4.69, 9.17) is 4.74 Å². The summed E-state index contributed by atoms with van der Waals surface area (Å²) < 4.78 is 18.8. The smallest absolute Gasteiger partial charge is 0.242 e. The molecule has 0 saturated carbocycles. The average molecular weight is 282 g/mol. The maximum Gasteiger partial charge on any atom is 0.242 e. The highest BCUT2D eigenvalue weighted by atomic mass is 19.1. The average Bonchev–Trinajstić information content (AvgIpc) is 2.30. The normalized spacial score (nSPS) is 12.7. The molecular weight excluding hydrogens is 259 g/mol. The van der Waals surface area contributed by atoms with Gasteiger partial charge in [0.25, 0.3) is 0 Å². The molecule has 1 rings (SSSR count). The van der Waals surface area contributed by atoms with Gasteiger partial charge in [0.05, 0.1) is 6.61 Å². The lowest BCUT2D eigenvalue weighted by molar-refractivity contribution is -0.122. The minimum Gasteiger partial charge on any atom is -0.491 e. The number of benzene rings is 1. The SMILES string of the molecule is CCOc1ccc(NC(C)C(=O)NC(C)(C)C)cc1F. The van der Waals surface area contributed by atoms with Gasteiger partial charge in [-0.2, -0.15) is 0 Å². The van der Waals surface area contributed by atoms with Gasteiger partial charge in [-0.15, -0.1) is 0 Å². The Kier molecular flexibility index (Phi) is 5.36. The van der Waals surface area contributed by atoms with Crippen molar-refractivity contribution in [3.8, 4) is 5.75 Å². The second kappa shape index (κ2) is 6.59. The van der Waals surface area contributed by atoms with Crippen LogP contribution in [0.25, 0.3) is 0 Å². The zero-order valence-electron chi connectivity index (χ0n) is 12.7. The van der Waals surface area contributed by atoms with Crippen molar-refractivity contribution in [3.63, 3.8) is 0 Å². The van der Waals surface area contributed by atoms with E-state index in [1.165, 1.54) is 6.07 Å². The molecule has 112 valence electrons. The lowest BCUT2D eigenvalue weighted by Gasteiger charge is -2.24. The van der Waals surface area contributed by atoms with Crippen molar-refractivity contribution in [2.24, 2.45) is 0 Å². The first-order valence-corrected chi connectivity index (χ1v) is 6.74. The quantitative estimate of drug-likeness (QED) is 0.873. The molecule has 5 heteroatoms. The van der Waals surface area contributed by atoms with Crippen LogP contribution in [0, 0.1) is 5.82 Å². The van der Waals surface area contributed by atoms with Crippen LogP contribution in [-0.2, 0) is 4.79 Å². The van der Waals surface area contributed by atoms with Crippen LogP contribution in [0.1, 0.15) is 34.6 Å². The molecule has 4 nitrogen and oxygen atoms in total. The molecule has 1 unspecified atom stereocenters. The van der Waals surface area contributed by atoms with E-state index < -0.39 is 11.9 Å². The predicted molar refractivity (Wildman–Crippen MR) is 78.5 cm³/mol. The fraction of sp³-hybridized carbons (Fsp3) is 0.533. The zero-order chi connectivity index (χ0) is 15.3. The summed E-state index contributed by atoms with van der Waals surface area (Å²) in [6.07, 6.45) is 0. The number of hydrogen-bond donors (Lipinski definition) is 2.